The van der Waals surface area contributed by atoms with Gasteiger partial charge in [-0.1, -0.05) is 30.3 Å². The molecule has 0 aliphatic heterocycles. The lowest BCUT2D eigenvalue weighted by Gasteiger charge is -2.26. The summed E-state index contributed by atoms with van der Waals surface area (Å²) in [7, 11) is 0. The SMILES string of the molecule is O=C(Cc1csc(NC(=O)c2cccs2)n1)N[C@H]1CCCc2ccccc21. The molecule has 0 saturated heterocycles. The average molecular weight is 398 g/mol. The Kier molecular flexibility index (Phi) is 5.31. The summed E-state index contributed by atoms with van der Waals surface area (Å²) < 4.78 is 0. The first kappa shape index (κ1) is 17.9. The van der Waals surface area contributed by atoms with E-state index in [-0.39, 0.29) is 24.3 Å². The zero-order valence-electron chi connectivity index (χ0n) is 14.6. The van der Waals surface area contributed by atoms with E-state index < -0.39 is 0 Å². The fourth-order valence-electron chi connectivity index (χ4n) is 3.33. The Morgan fingerprint density at radius 1 is 1.15 bits per heavy atom. The van der Waals surface area contributed by atoms with Gasteiger partial charge in [0.05, 0.1) is 23.0 Å². The molecule has 2 N–H and O–H groups in total. The van der Waals surface area contributed by atoms with E-state index in [4.69, 9.17) is 0 Å². The molecule has 0 fully saturated rings. The molecule has 2 heterocycles. The second-order valence-corrected chi connectivity index (χ2v) is 8.27. The van der Waals surface area contributed by atoms with E-state index in [2.05, 4.69) is 27.8 Å². The molecule has 2 aromatic heterocycles. The second-order valence-electron chi connectivity index (χ2n) is 6.46. The Bertz CT molecular complexity index is 950. The standard InChI is InChI=1S/C20H19N3O2S2/c24-18(22-16-8-3-6-13-5-1-2-7-15(13)16)11-14-12-27-20(21-14)23-19(25)17-9-4-10-26-17/h1-2,4-5,7,9-10,12,16H,3,6,8,11H2,(H,22,24)(H,21,23,25)/t16-/m0/s1. The molecule has 1 aromatic carbocycles. The molecule has 0 unspecified atom stereocenters. The lowest BCUT2D eigenvalue weighted by atomic mass is 9.87. The van der Waals surface area contributed by atoms with Crippen LogP contribution in [0.1, 0.15) is 45.4 Å². The van der Waals surface area contributed by atoms with Crippen LogP contribution in [0, 0.1) is 0 Å². The number of anilines is 1. The lowest BCUT2D eigenvalue weighted by Crippen LogP contribution is -2.32. The molecule has 0 spiro atoms. The molecule has 1 aliphatic rings. The number of thiazole rings is 1. The van der Waals surface area contributed by atoms with Gasteiger partial charge in [-0.2, -0.15) is 0 Å². The van der Waals surface area contributed by atoms with Crippen molar-refractivity contribution < 1.29 is 9.59 Å². The summed E-state index contributed by atoms with van der Waals surface area (Å²) in [5.74, 6) is -0.215. The third-order valence-corrected chi connectivity index (χ3v) is 6.24. The Labute approximate surface area is 165 Å². The topological polar surface area (TPSA) is 71.1 Å². The highest BCUT2D eigenvalue weighted by atomic mass is 32.1. The van der Waals surface area contributed by atoms with E-state index in [1.807, 2.05) is 29.0 Å². The molecule has 5 nitrogen and oxygen atoms in total. The minimum absolute atomic E-state index is 0.0434. The predicted molar refractivity (Wildman–Crippen MR) is 108 cm³/mol. The monoisotopic (exact) mass is 397 g/mol. The summed E-state index contributed by atoms with van der Waals surface area (Å²) in [6.07, 6.45) is 3.32. The number of hydrogen-bond acceptors (Lipinski definition) is 5. The highest BCUT2D eigenvalue weighted by Gasteiger charge is 2.21. The van der Waals surface area contributed by atoms with Crippen LogP contribution >= 0.6 is 22.7 Å². The summed E-state index contributed by atoms with van der Waals surface area (Å²) in [5, 5.41) is 10.1. The van der Waals surface area contributed by atoms with Crippen molar-refractivity contribution in [3.05, 3.63) is 68.9 Å². The maximum absolute atomic E-state index is 12.5. The van der Waals surface area contributed by atoms with Gasteiger partial charge in [0.15, 0.2) is 5.13 Å². The Morgan fingerprint density at radius 2 is 2.04 bits per heavy atom. The van der Waals surface area contributed by atoms with E-state index in [1.54, 1.807) is 6.07 Å². The van der Waals surface area contributed by atoms with Crippen LogP contribution in [-0.2, 0) is 17.6 Å². The predicted octanol–water partition coefficient (Wildman–Crippen LogP) is 4.19. The molecule has 4 rings (SSSR count). The third-order valence-electron chi connectivity index (χ3n) is 4.56. The van der Waals surface area contributed by atoms with Crippen molar-refractivity contribution in [2.45, 2.75) is 31.7 Å². The van der Waals surface area contributed by atoms with Gasteiger partial charge >= 0.3 is 0 Å². The van der Waals surface area contributed by atoms with Crippen LogP contribution < -0.4 is 10.6 Å². The van der Waals surface area contributed by atoms with Crippen LogP contribution in [0.25, 0.3) is 0 Å². The van der Waals surface area contributed by atoms with Crippen molar-refractivity contribution in [1.29, 1.82) is 0 Å². The highest BCUT2D eigenvalue weighted by Crippen LogP contribution is 2.29. The molecule has 0 radical (unpaired) electrons. The average Bonchev–Trinajstić information content (AvgIpc) is 3.34. The third kappa shape index (κ3) is 4.26. The van der Waals surface area contributed by atoms with E-state index in [1.165, 1.54) is 33.8 Å². The largest absolute Gasteiger partial charge is 0.349 e. The Hall–Kier alpha value is -2.51. The lowest BCUT2D eigenvalue weighted by molar-refractivity contribution is -0.121. The van der Waals surface area contributed by atoms with Gasteiger partial charge in [0.2, 0.25) is 5.91 Å². The van der Waals surface area contributed by atoms with Crippen molar-refractivity contribution >= 4 is 39.6 Å². The van der Waals surface area contributed by atoms with E-state index in [0.717, 1.165) is 19.3 Å². The number of benzene rings is 1. The van der Waals surface area contributed by atoms with Gasteiger partial charge in [-0.15, -0.1) is 22.7 Å². The molecule has 7 heteroatoms. The van der Waals surface area contributed by atoms with Crippen LogP contribution in [0.3, 0.4) is 0 Å². The first-order valence-electron chi connectivity index (χ1n) is 8.85. The van der Waals surface area contributed by atoms with Crippen LogP contribution in [0.15, 0.2) is 47.2 Å². The molecule has 3 aromatic rings. The summed E-state index contributed by atoms with van der Waals surface area (Å²) in [5.41, 5.74) is 3.21. The molecule has 2 amide bonds. The van der Waals surface area contributed by atoms with Gasteiger partial charge < -0.3 is 5.32 Å². The maximum Gasteiger partial charge on any atom is 0.267 e. The minimum atomic E-state index is -0.172. The molecule has 1 atom stereocenters. The zero-order chi connectivity index (χ0) is 18.6. The Morgan fingerprint density at radius 3 is 2.89 bits per heavy atom. The van der Waals surface area contributed by atoms with E-state index in [0.29, 0.717) is 15.7 Å². The number of rotatable bonds is 5. The smallest absolute Gasteiger partial charge is 0.267 e. The van der Waals surface area contributed by atoms with Crippen LogP contribution in [0.5, 0.6) is 0 Å². The van der Waals surface area contributed by atoms with Crippen LogP contribution in [0.2, 0.25) is 0 Å². The van der Waals surface area contributed by atoms with Crippen LogP contribution in [0.4, 0.5) is 5.13 Å². The molecule has 138 valence electrons. The van der Waals surface area contributed by atoms with Crippen molar-refractivity contribution in [2.75, 3.05) is 5.32 Å². The quantitative estimate of drug-likeness (QED) is 0.678. The normalized spacial score (nSPS) is 15.8. The van der Waals surface area contributed by atoms with Gasteiger partial charge in [0, 0.05) is 5.38 Å². The maximum atomic E-state index is 12.5. The fourth-order valence-corrected chi connectivity index (χ4v) is 4.65. The molecule has 0 saturated carbocycles. The number of aryl methyl sites for hydroxylation is 1. The first-order chi connectivity index (χ1) is 13.2. The summed E-state index contributed by atoms with van der Waals surface area (Å²) in [4.78, 5) is 29.6. The number of nitrogens with one attached hydrogen (secondary N) is 2. The van der Waals surface area contributed by atoms with E-state index >= 15 is 0 Å². The minimum Gasteiger partial charge on any atom is -0.349 e. The van der Waals surface area contributed by atoms with Crippen molar-refractivity contribution in [1.82, 2.24) is 10.3 Å². The number of carbonyl (C=O) groups excluding carboxylic acids is 2. The van der Waals surface area contributed by atoms with Gasteiger partial charge in [-0.3, -0.25) is 14.9 Å². The number of fused-ring (bicyclic) bond motifs is 1. The highest BCUT2D eigenvalue weighted by molar-refractivity contribution is 7.14. The number of thiophene rings is 1. The number of aromatic nitrogens is 1. The van der Waals surface area contributed by atoms with Crippen LogP contribution in [-0.4, -0.2) is 16.8 Å². The first-order valence-corrected chi connectivity index (χ1v) is 10.6. The fraction of sp³-hybridized carbons (Fsp3) is 0.250. The molecular weight excluding hydrogens is 378 g/mol. The van der Waals surface area contributed by atoms with Gasteiger partial charge in [0.1, 0.15) is 0 Å². The summed E-state index contributed by atoms with van der Waals surface area (Å²) >= 11 is 2.72. The Balaban J connectivity index is 1.35. The molecule has 1 aliphatic carbocycles. The number of nitrogens with zero attached hydrogens (tertiary/aromatic N) is 1. The summed E-state index contributed by atoms with van der Waals surface area (Å²) in [6.45, 7) is 0. The van der Waals surface area contributed by atoms with Gasteiger partial charge in [-0.05, 0) is 41.8 Å². The number of hydrogen-bond donors (Lipinski definition) is 2. The van der Waals surface area contributed by atoms with E-state index in [9.17, 15) is 9.59 Å². The molecule has 27 heavy (non-hydrogen) atoms. The molecule has 0 bridgehead atoms. The zero-order valence-corrected chi connectivity index (χ0v) is 16.2. The number of carbonyl (C=O) groups is 2. The molecular formula is C20H19N3O2S2. The van der Waals surface area contributed by atoms with Crippen molar-refractivity contribution in [3.8, 4) is 0 Å². The number of amides is 2. The van der Waals surface area contributed by atoms with Gasteiger partial charge in [0.25, 0.3) is 5.91 Å². The second kappa shape index (κ2) is 8.02. The summed E-state index contributed by atoms with van der Waals surface area (Å²) in [6, 6.07) is 12.0. The van der Waals surface area contributed by atoms with Crippen molar-refractivity contribution in [3.63, 3.8) is 0 Å². The van der Waals surface area contributed by atoms with Gasteiger partial charge in [-0.25, -0.2) is 4.98 Å². The van der Waals surface area contributed by atoms with Crippen molar-refractivity contribution in [2.24, 2.45) is 0 Å².